The highest BCUT2D eigenvalue weighted by Crippen LogP contribution is 2.33. The monoisotopic (exact) mass is 276 g/mol. The minimum Gasteiger partial charge on any atom is -0.317 e. The number of halogens is 1. The Bertz CT molecular complexity index is 391. The fraction of sp³-hybridized carbons (Fsp3) is 0.700. The van der Waals surface area contributed by atoms with Crippen LogP contribution in [0, 0.1) is 0 Å². The third kappa shape index (κ3) is 3.62. The van der Waals surface area contributed by atoms with Crippen molar-refractivity contribution in [2.75, 3.05) is 5.32 Å². The summed E-state index contributed by atoms with van der Waals surface area (Å²) in [4.78, 5) is 11.6. The smallest absolute Gasteiger partial charge is 0.246 e. The van der Waals surface area contributed by atoms with E-state index >= 15 is 0 Å². The number of nitrogens with one attached hydrogen (secondary N) is 1. The zero-order chi connectivity index (χ0) is 11.6. The summed E-state index contributed by atoms with van der Waals surface area (Å²) in [5.41, 5.74) is 5.13. The molecule has 0 aromatic carbocycles. The molecule has 1 aliphatic rings. The van der Waals surface area contributed by atoms with Crippen LogP contribution in [-0.2, 0) is 11.2 Å². The van der Waals surface area contributed by atoms with E-state index in [1.165, 1.54) is 11.3 Å². The number of aromatic nitrogens is 2. The standard InChI is InChI=1S/C10H16N4OS.ClH/c1-2-3-4-7-13-14-9(16-7)12-8(15)10(11)5-6-10;/h2-6,11H2,1H3,(H,12,14,15);1H. The summed E-state index contributed by atoms with van der Waals surface area (Å²) < 4.78 is 0. The molecule has 1 amide bonds. The second-order valence-corrected chi connectivity index (χ2v) is 5.28. The average molecular weight is 277 g/mol. The average Bonchev–Trinajstić information content (AvgIpc) is 2.87. The summed E-state index contributed by atoms with van der Waals surface area (Å²) >= 11 is 1.44. The molecule has 1 aromatic heterocycles. The lowest BCUT2D eigenvalue weighted by Gasteiger charge is -2.05. The van der Waals surface area contributed by atoms with Crippen molar-refractivity contribution in [2.24, 2.45) is 5.73 Å². The van der Waals surface area contributed by atoms with Crippen molar-refractivity contribution in [3.8, 4) is 0 Å². The molecule has 0 atom stereocenters. The van der Waals surface area contributed by atoms with Gasteiger partial charge in [-0.05, 0) is 19.3 Å². The number of hydrogen-bond donors (Lipinski definition) is 2. The van der Waals surface area contributed by atoms with Crippen molar-refractivity contribution in [1.82, 2.24) is 10.2 Å². The van der Waals surface area contributed by atoms with E-state index in [-0.39, 0.29) is 18.3 Å². The molecule has 1 saturated carbocycles. The van der Waals surface area contributed by atoms with E-state index in [0.29, 0.717) is 5.13 Å². The van der Waals surface area contributed by atoms with Crippen molar-refractivity contribution in [1.29, 1.82) is 0 Å². The number of amides is 1. The molecule has 3 N–H and O–H groups in total. The minimum absolute atomic E-state index is 0. The third-order valence-corrected chi connectivity index (χ3v) is 3.57. The number of carbonyl (C=O) groups excluding carboxylic acids is 1. The SMILES string of the molecule is CCCCc1nnc(NC(=O)C2(N)CC2)s1.Cl. The molecule has 1 heterocycles. The normalized spacial score (nSPS) is 16.1. The van der Waals surface area contributed by atoms with Gasteiger partial charge in [0.2, 0.25) is 11.0 Å². The molecule has 1 aliphatic carbocycles. The first-order chi connectivity index (χ1) is 7.64. The Morgan fingerprint density at radius 2 is 2.24 bits per heavy atom. The highest BCUT2D eigenvalue weighted by atomic mass is 35.5. The summed E-state index contributed by atoms with van der Waals surface area (Å²) in [5, 5.41) is 12.2. The van der Waals surface area contributed by atoms with Gasteiger partial charge in [-0.3, -0.25) is 10.1 Å². The lowest BCUT2D eigenvalue weighted by atomic mass is 10.3. The maximum absolute atomic E-state index is 11.6. The van der Waals surface area contributed by atoms with E-state index in [1.807, 2.05) is 0 Å². The summed E-state index contributed by atoms with van der Waals surface area (Å²) in [6.45, 7) is 2.13. The first-order valence-corrected chi connectivity index (χ1v) is 6.38. The van der Waals surface area contributed by atoms with E-state index in [0.717, 1.165) is 37.1 Å². The molecule has 0 aliphatic heterocycles. The molecule has 96 valence electrons. The number of rotatable bonds is 5. The van der Waals surface area contributed by atoms with Gasteiger partial charge < -0.3 is 5.73 Å². The third-order valence-electron chi connectivity index (χ3n) is 2.67. The van der Waals surface area contributed by atoms with Crippen LogP contribution in [0.5, 0.6) is 0 Å². The van der Waals surface area contributed by atoms with Crippen LogP contribution >= 0.6 is 23.7 Å². The summed E-state index contributed by atoms with van der Waals surface area (Å²) in [6.07, 6.45) is 4.69. The molecule has 1 fully saturated rings. The Balaban J connectivity index is 0.00000144. The molecular formula is C10H17ClN4OS. The van der Waals surface area contributed by atoms with Gasteiger partial charge in [0, 0.05) is 6.42 Å². The van der Waals surface area contributed by atoms with Gasteiger partial charge in [-0.25, -0.2) is 0 Å². The van der Waals surface area contributed by atoms with Gasteiger partial charge in [-0.2, -0.15) is 0 Å². The molecule has 0 saturated heterocycles. The Morgan fingerprint density at radius 1 is 1.53 bits per heavy atom. The van der Waals surface area contributed by atoms with Crippen LogP contribution in [0.1, 0.15) is 37.6 Å². The molecular weight excluding hydrogens is 260 g/mol. The Labute approximate surface area is 111 Å². The predicted molar refractivity (Wildman–Crippen MR) is 70.6 cm³/mol. The lowest BCUT2D eigenvalue weighted by molar-refractivity contribution is -0.118. The molecule has 5 nitrogen and oxygen atoms in total. The van der Waals surface area contributed by atoms with Crippen LogP contribution < -0.4 is 11.1 Å². The van der Waals surface area contributed by atoms with Crippen molar-refractivity contribution >= 4 is 34.8 Å². The number of anilines is 1. The fourth-order valence-corrected chi connectivity index (χ4v) is 2.09. The first-order valence-electron chi connectivity index (χ1n) is 5.57. The molecule has 7 heteroatoms. The quantitative estimate of drug-likeness (QED) is 0.858. The predicted octanol–water partition coefficient (Wildman–Crippen LogP) is 1.73. The number of nitrogens with zero attached hydrogens (tertiary/aromatic N) is 2. The number of carbonyl (C=O) groups is 1. The van der Waals surface area contributed by atoms with E-state index in [4.69, 9.17) is 5.73 Å². The van der Waals surface area contributed by atoms with Gasteiger partial charge in [0.1, 0.15) is 5.01 Å². The van der Waals surface area contributed by atoms with Crippen LogP contribution in [-0.4, -0.2) is 21.6 Å². The molecule has 1 aromatic rings. The van der Waals surface area contributed by atoms with Crippen LogP contribution in [0.4, 0.5) is 5.13 Å². The largest absolute Gasteiger partial charge is 0.317 e. The van der Waals surface area contributed by atoms with Gasteiger partial charge in [-0.1, -0.05) is 24.7 Å². The second kappa shape index (κ2) is 5.75. The van der Waals surface area contributed by atoms with Crippen LogP contribution in [0.15, 0.2) is 0 Å². The molecule has 0 unspecified atom stereocenters. The second-order valence-electron chi connectivity index (χ2n) is 4.21. The van der Waals surface area contributed by atoms with Gasteiger partial charge in [0.05, 0.1) is 5.54 Å². The van der Waals surface area contributed by atoms with Gasteiger partial charge in [0.25, 0.3) is 0 Å². The van der Waals surface area contributed by atoms with Crippen molar-refractivity contribution in [2.45, 2.75) is 44.6 Å². The van der Waals surface area contributed by atoms with Crippen molar-refractivity contribution < 1.29 is 4.79 Å². The molecule has 0 bridgehead atoms. The Kier molecular flexibility index (Phi) is 4.85. The molecule has 0 radical (unpaired) electrons. The minimum atomic E-state index is -0.644. The highest BCUT2D eigenvalue weighted by molar-refractivity contribution is 7.15. The lowest BCUT2D eigenvalue weighted by Crippen LogP contribution is -2.37. The van der Waals surface area contributed by atoms with Crippen molar-refractivity contribution in [3.63, 3.8) is 0 Å². The van der Waals surface area contributed by atoms with Gasteiger partial charge in [-0.15, -0.1) is 22.6 Å². The number of aryl methyl sites for hydroxylation is 1. The fourth-order valence-electron chi connectivity index (χ4n) is 1.32. The molecule has 2 rings (SSSR count). The summed E-state index contributed by atoms with van der Waals surface area (Å²) in [6, 6.07) is 0. The van der Waals surface area contributed by atoms with Gasteiger partial charge in [0.15, 0.2) is 0 Å². The number of unbranched alkanes of at least 4 members (excludes halogenated alkanes) is 1. The Morgan fingerprint density at radius 3 is 2.82 bits per heavy atom. The zero-order valence-electron chi connectivity index (χ0n) is 9.73. The maximum Gasteiger partial charge on any atom is 0.246 e. The van der Waals surface area contributed by atoms with E-state index in [1.54, 1.807) is 0 Å². The molecule has 0 spiro atoms. The topological polar surface area (TPSA) is 80.9 Å². The Hall–Kier alpha value is -0.720. The summed E-state index contributed by atoms with van der Waals surface area (Å²) in [7, 11) is 0. The number of hydrogen-bond acceptors (Lipinski definition) is 5. The summed E-state index contributed by atoms with van der Waals surface area (Å²) in [5.74, 6) is -0.134. The zero-order valence-corrected chi connectivity index (χ0v) is 11.4. The molecule has 17 heavy (non-hydrogen) atoms. The van der Waals surface area contributed by atoms with Crippen LogP contribution in [0.3, 0.4) is 0 Å². The number of nitrogens with two attached hydrogens (primary N) is 1. The maximum atomic E-state index is 11.6. The van der Waals surface area contributed by atoms with E-state index in [9.17, 15) is 4.79 Å². The van der Waals surface area contributed by atoms with Crippen molar-refractivity contribution in [3.05, 3.63) is 5.01 Å². The van der Waals surface area contributed by atoms with Crippen LogP contribution in [0.2, 0.25) is 0 Å². The first kappa shape index (κ1) is 14.3. The van der Waals surface area contributed by atoms with E-state index < -0.39 is 5.54 Å². The highest BCUT2D eigenvalue weighted by Gasteiger charge is 2.46. The van der Waals surface area contributed by atoms with E-state index in [2.05, 4.69) is 22.4 Å². The van der Waals surface area contributed by atoms with Gasteiger partial charge >= 0.3 is 0 Å². The van der Waals surface area contributed by atoms with Crippen LogP contribution in [0.25, 0.3) is 0 Å².